The molecule has 1 aromatic carbocycles. The van der Waals surface area contributed by atoms with Gasteiger partial charge in [-0.2, -0.15) is 0 Å². The number of fused-ring (bicyclic) bond motifs is 1. The molecule has 1 aromatic heterocycles. The molecular weight excluding hydrogens is 246 g/mol. The molecule has 0 bridgehead atoms. The highest BCUT2D eigenvalue weighted by molar-refractivity contribution is 5.82. The lowest BCUT2D eigenvalue weighted by molar-refractivity contribution is 0.242. The second-order valence-electron chi connectivity index (χ2n) is 6.90. The fourth-order valence-corrected chi connectivity index (χ4v) is 2.77. The highest BCUT2D eigenvalue weighted by atomic mass is 16.3. The third-order valence-corrected chi connectivity index (χ3v) is 3.76. The van der Waals surface area contributed by atoms with E-state index < -0.39 is 0 Å². The van der Waals surface area contributed by atoms with Gasteiger partial charge in [0.15, 0.2) is 0 Å². The Labute approximate surface area is 122 Å². The molecular formula is C18H27NO. The molecule has 0 saturated carbocycles. The summed E-state index contributed by atoms with van der Waals surface area (Å²) in [6.45, 7) is 14.2. The fourth-order valence-electron chi connectivity index (χ4n) is 2.77. The lowest BCUT2D eigenvalue weighted by Crippen LogP contribution is -2.32. The van der Waals surface area contributed by atoms with Crippen LogP contribution in [-0.4, -0.2) is 6.54 Å². The zero-order chi connectivity index (χ0) is 14.9. The van der Waals surface area contributed by atoms with Gasteiger partial charge in [-0.3, -0.25) is 0 Å². The zero-order valence-electron chi connectivity index (χ0n) is 13.6. The number of rotatable bonds is 4. The van der Waals surface area contributed by atoms with E-state index in [1.807, 2.05) is 0 Å². The van der Waals surface area contributed by atoms with E-state index in [-0.39, 0.29) is 11.5 Å². The Kier molecular flexibility index (Phi) is 4.24. The normalized spacial score (nSPS) is 13.9. The molecule has 1 heterocycles. The standard InChI is InChI=1S/C18H27NO/c1-7-8-19-17(18(4,5)6)16-11-14-13(3)9-12(2)10-15(14)20-16/h9-11,17,19H,7-8H2,1-6H3. The molecule has 0 radical (unpaired) electrons. The minimum Gasteiger partial charge on any atom is -0.459 e. The van der Waals surface area contributed by atoms with Crippen molar-refractivity contribution < 1.29 is 4.42 Å². The van der Waals surface area contributed by atoms with Crippen LogP contribution >= 0.6 is 0 Å². The SMILES string of the molecule is CCCNC(c1cc2c(C)cc(C)cc2o1)C(C)(C)C. The van der Waals surface area contributed by atoms with Crippen molar-refractivity contribution in [2.75, 3.05) is 6.54 Å². The van der Waals surface area contributed by atoms with Crippen molar-refractivity contribution in [3.05, 3.63) is 35.1 Å². The number of furan rings is 1. The lowest BCUT2D eigenvalue weighted by atomic mass is 9.85. The van der Waals surface area contributed by atoms with Crippen LogP contribution in [0.4, 0.5) is 0 Å². The van der Waals surface area contributed by atoms with Crippen molar-refractivity contribution in [1.82, 2.24) is 5.32 Å². The number of hydrogen-bond donors (Lipinski definition) is 1. The van der Waals surface area contributed by atoms with Gasteiger partial charge in [0.1, 0.15) is 11.3 Å². The number of benzene rings is 1. The minimum absolute atomic E-state index is 0.131. The molecule has 0 fully saturated rings. The van der Waals surface area contributed by atoms with Crippen LogP contribution in [0.25, 0.3) is 11.0 Å². The van der Waals surface area contributed by atoms with E-state index >= 15 is 0 Å². The highest BCUT2D eigenvalue weighted by Crippen LogP contribution is 2.36. The lowest BCUT2D eigenvalue weighted by Gasteiger charge is -2.30. The average Bonchev–Trinajstić information content (AvgIpc) is 2.71. The topological polar surface area (TPSA) is 25.2 Å². The monoisotopic (exact) mass is 273 g/mol. The Balaban J connectivity index is 2.46. The molecule has 20 heavy (non-hydrogen) atoms. The van der Waals surface area contributed by atoms with Crippen LogP contribution < -0.4 is 5.32 Å². The quantitative estimate of drug-likeness (QED) is 0.834. The number of nitrogens with one attached hydrogen (secondary N) is 1. The first-order chi connectivity index (χ1) is 9.32. The van der Waals surface area contributed by atoms with E-state index in [9.17, 15) is 0 Å². The summed E-state index contributed by atoms with van der Waals surface area (Å²) < 4.78 is 6.15. The third kappa shape index (κ3) is 3.06. The van der Waals surface area contributed by atoms with Gasteiger partial charge >= 0.3 is 0 Å². The van der Waals surface area contributed by atoms with Crippen LogP contribution in [-0.2, 0) is 0 Å². The molecule has 0 aliphatic carbocycles. The first kappa shape index (κ1) is 15.1. The molecule has 2 heteroatoms. The Morgan fingerprint density at radius 1 is 1.15 bits per heavy atom. The second kappa shape index (κ2) is 5.61. The van der Waals surface area contributed by atoms with Crippen LogP contribution in [0.2, 0.25) is 0 Å². The highest BCUT2D eigenvalue weighted by Gasteiger charge is 2.28. The van der Waals surface area contributed by atoms with Gasteiger partial charge in [-0.1, -0.05) is 33.8 Å². The Morgan fingerprint density at radius 3 is 2.45 bits per heavy atom. The van der Waals surface area contributed by atoms with E-state index in [4.69, 9.17) is 4.42 Å². The van der Waals surface area contributed by atoms with Crippen molar-refractivity contribution in [3.8, 4) is 0 Å². The van der Waals surface area contributed by atoms with Crippen LogP contribution in [0.15, 0.2) is 22.6 Å². The molecule has 110 valence electrons. The number of aryl methyl sites for hydroxylation is 2. The van der Waals surface area contributed by atoms with Gasteiger partial charge in [-0.05, 0) is 55.5 Å². The van der Waals surface area contributed by atoms with Crippen LogP contribution in [0.3, 0.4) is 0 Å². The first-order valence-electron chi connectivity index (χ1n) is 7.57. The Bertz CT molecular complexity index is 589. The van der Waals surface area contributed by atoms with E-state index in [1.54, 1.807) is 0 Å². The summed E-state index contributed by atoms with van der Waals surface area (Å²) >= 11 is 0. The Hall–Kier alpha value is -1.28. The smallest absolute Gasteiger partial charge is 0.134 e. The van der Waals surface area contributed by atoms with Crippen molar-refractivity contribution in [3.63, 3.8) is 0 Å². The summed E-state index contributed by atoms with van der Waals surface area (Å²) in [5, 5.41) is 4.86. The van der Waals surface area contributed by atoms with Gasteiger partial charge < -0.3 is 9.73 Å². The maximum absolute atomic E-state index is 6.15. The van der Waals surface area contributed by atoms with Gasteiger partial charge in [-0.15, -0.1) is 0 Å². The molecule has 2 rings (SSSR count). The van der Waals surface area contributed by atoms with Gasteiger partial charge in [0.25, 0.3) is 0 Å². The molecule has 1 N–H and O–H groups in total. The molecule has 1 unspecified atom stereocenters. The van der Waals surface area contributed by atoms with Gasteiger partial charge in [0.05, 0.1) is 6.04 Å². The molecule has 0 spiro atoms. The fraction of sp³-hybridized carbons (Fsp3) is 0.556. The van der Waals surface area contributed by atoms with Gasteiger partial charge in [-0.25, -0.2) is 0 Å². The van der Waals surface area contributed by atoms with E-state index in [0.29, 0.717) is 0 Å². The summed E-state index contributed by atoms with van der Waals surface area (Å²) in [6.07, 6.45) is 1.13. The molecule has 0 saturated heterocycles. The van der Waals surface area contributed by atoms with E-state index in [0.717, 1.165) is 24.3 Å². The van der Waals surface area contributed by atoms with Crippen molar-refractivity contribution in [1.29, 1.82) is 0 Å². The molecule has 1 atom stereocenters. The maximum atomic E-state index is 6.15. The number of hydrogen-bond acceptors (Lipinski definition) is 2. The summed E-state index contributed by atoms with van der Waals surface area (Å²) in [7, 11) is 0. The van der Waals surface area contributed by atoms with Gasteiger partial charge in [0.2, 0.25) is 0 Å². The maximum Gasteiger partial charge on any atom is 0.134 e. The van der Waals surface area contributed by atoms with Crippen molar-refractivity contribution >= 4 is 11.0 Å². The summed E-state index contributed by atoms with van der Waals surface area (Å²) in [6, 6.07) is 6.80. The van der Waals surface area contributed by atoms with E-state index in [2.05, 4.69) is 65.1 Å². The average molecular weight is 273 g/mol. The Morgan fingerprint density at radius 2 is 1.85 bits per heavy atom. The van der Waals surface area contributed by atoms with Gasteiger partial charge in [0, 0.05) is 5.39 Å². The first-order valence-corrected chi connectivity index (χ1v) is 7.57. The zero-order valence-corrected chi connectivity index (χ0v) is 13.6. The molecule has 0 aliphatic rings. The van der Waals surface area contributed by atoms with Crippen molar-refractivity contribution in [2.24, 2.45) is 5.41 Å². The van der Waals surface area contributed by atoms with Crippen LogP contribution in [0.5, 0.6) is 0 Å². The van der Waals surface area contributed by atoms with Crippen LogP contribution in [0.1, 0.15) is 57.0 Å². The second-order valence-corrected chi connectivity index (χ2v) is 6.90. The molecule has 0 aliphatic heterocycles. The molecule has 2 aromatic rings. The molecule has 2 nitrogen and oxygen atoms in total. The van der Waals surface area contributed by atoms with Crippen LogP contribution in [0, 0.1) is 19.3 Å². The summed E-state index contributed by atoms with van der Waals surface area (Å²) in [5.74, 6) is 1.05. The summed E-state index contributed by atoms with van der Waals surface area (Å²) in [4.78, 5) is 0. The molecule has 0 amide bonds. The summed E-state index contributed by atoms with van der Waals surface area (Å²) in [5.41, 5.74) is 3.68. The predicted molar refractivity (Wildman–Crippen MR) is 86.2 cm³/mol. The minimum atomic E-state index is 0.131. The predicted octanol–water partition coefficient (Wildman–Crippen LogP) is 5.14. The van der Waals surface area contributed by atoms with Crippen molar-refractivity contribution in [2.45, 2.75) is 54.0 Å². The largest absolute Gasteiger partial charge is 0.459 e. The van der Waals surface area contributed by atoms with E-state index in [1.165, 1.54) is 16.5 Å². The third-order valence-electron chi connectivity index (χ3n) is 3.76.